The van der Waals surface area contributed by atoms with Gasteiger partial charge in [-0.25, -0.2) is 4.98 Å². The van der Waals surface area contributed by atoms with E-state index in [0.29, 0.717) is 30.2 Å². The Bertz CT molecular complexity index is 799. The van der Waals surface area contributed by atoms with Gasteiger partial charge in [0, 0.05) is 25.1 Å². The Kier molecular flexibility index (Phi) is 7.46. The zero-order valence-corrected chi connectivity index (χ0v) is 16.8. The first-order valence-electron chi connectivity index (χ1n) is 8.38. The first kappa shape index (κ1) is 19.9. The van der Waals surface area contributed by atoms with Crippen LogP contribution < -0.4 is 10.9 Å². The number of hydrogen-bond acceptors (Lipinski definition) is 6. The Labute approximate surface area is 156 Å². The molecule has 0 fully saturated rings. The number of fused-ring (bicyclic) bond motifs is 1. The summed E-state index contributed by atoms with van der Waals surface area (Å²) in [7, 11) is 1.59. The van der Waals surface area contributed by atoms with E-state index in [4.69, 9.17) is 4.74 Å². The number of amides is 1. The van der Waals surface area contributed by atoms with Crippen LogP contribution >= 0.6 is 23.1 Å². The fourth-order valence-electron chi connectivity index (χ4n) is 2.41. The second-order valence-corrected chi connectivity index (χ2v) is 7.95. The van der Waals surface area contributed by atoms with Crippen molar-refractivity contribution < 1.29 is 9.53 Å². The number of unbranched alkanes of at least 4 members (excludes halogenated alkanes) is 1. The molecule has 2 rings (SSSR count). The van der Waals surface area contributed by atoms with Crippen LogP contribution in [0, 0.1) is 13.8 Å². The Morgan fingerprint density at radius 3 is 2.84 bits per heavy atom. The molecule has 1 amide bonds. The Balaban J connectivity index is 2.27. The number of aromatic nitrogens is 2. The highest BCUT2D eigenvalue weighted by atomic mass is 32.2. The molecular weight excluding hydrogens is 358 g/mol. The molecule has 0 aromatic carbocycles. The number of ether oxygens (including phenoxy) is 1. The third kappa shape index (κ3) is 4.83. The number of rotatable bonds is 9. The highest BCUT2D eigenvalue weighted by Crippen LogP contribution is 2.28. The van der Waals surface area contributed by atoms with Gasteiger partial charge in [-0.05, 0) is 25.8 Å². The summed E-state index contributed by atoms with van der Waals surface area (Å²) in [6.07, 6.45) is 1.90. The molecule has 0 atom stereocenters. The van der Waals surface area contributed by atoms with Gasteiger partial charge in [-0.2, -0.15) is 0 Å². The summed E-state index contributed by atoms with van der Waals surface area (Å²) >= 11 is 2.85. The summed E-state index contributed by atoms with van der Waals surface area (Å²) in [5.74, 6) is 0.147. The minimum atomic E-state index is -0.0861. The second-order valence-electron chi connectivity index (χ2n) is 5.80. The van der Waals surface area contributed by atoms with Gasteiger partial charge in [0.2, 0.25) is 5.91 Å². The average Bonchev–Trinajstić information content (AvgIpc) is 2.87. The number of carbonyl (C=O) groups excluding carboxylic acids is 1. The van der Waals surface area contributed by atoms with Gasteiger partial charge < -0.3 is 10.1 Å². The van der Waals surface area contributed by atoms with Gasteiger partial charge in [0.05, 0.1) is 17.7 Å². The Hall–Kier alpha value is -1.38. The normalized spacial score (nSPS) is 11.2. The summed E-state index contributed by atoms with van der Waals surface area (Å²) < 4.78 is 6.64. The maximum Gasteiger partial charge on any atom is 0.263 e. The first-order chi connectivity index (χ1) is 12.0. The number of nitrogens with one attached hydrogen (secondary N) is 1. The number of hydrogen-bond donors (Lipinski definition) is 1. The molecule has 0 unspecified atom stereocenters. The predicted octanol–water partition coefficient (Wildman–Crippen LogP) is 2.73. The standard InChI is InChI=1S/C17H25N3O3S2/c1-5-6-8-20-16(22)14-11(2)12(3)25-15(14)19-17(20)24-10-13(21)18-7-9-23-4/h5-10H2,1-4H3,(H,18,21). The van der Waals surface area contributed by atoms with Crippen molar-refractivity contribution in [2.45, 2.75) is 45.3 Å². The summed E-state index contributed by atoms with van der Waals surface area (Å²) in [5.41, 5.74) is 1.01. The van der Waals surface area contributed by atoms with Crippen molar-refractivity contribution in [2.24, 2.45) is 0 Å². The van der Waals surface area contributed by atoms with Crippen LogP contribution in [0.5, 0.6) is 0 Å². The molecule has 0 aliphatic carbocycles. The third-order valence-electron chi connectivity index (χ3n) is 3.95. The smallest absolute Gasteiger partial charge is 0.263 e. The predicted molar refractivity (Wildman–Crippen MR) is 104 cm³/mol. The van der Waals surface area contributed by atoms with E-state index in [1.165, 1.54) is 23.1 Å². The van der Waals surface area contributed by atoms with E-state index in [1.807, 2.05) is 13.8 Å². The van der Waals surface area contributed by atoms with E-state index >= 15 is 0 Å². The van der Waals surface area contributed by atoms with E-state index in [9.17, 15) is 9.59 Å². The number of aryl methyl sites for hydroxylation is 2. The molecule has 2 aromatic heterocycles. The largest absolute Gasteiger partial charge is 0.383 e. The molecule has 0 spiro atoms. The number of nitrogens with zero attached hydrogens (tertiary/aromatic N) is 2. The summed E-state index contributed by atoms with van der Waals surface area (Å²) in [6, 6.07) is 0. The molecule has 0 bridgehead atoms. The number of thiophene rings is 1. The van der Waals surface area contributed by atoms with Gasteiger partial charge in [-0.15, -0.1) is 11.3 Å². The SMILES string of the molecule is CCCCn1c(SCC(=O)NCCOC)nc2sc(C)c(C)c2c1=O. The van der Waals surface area contributed by atoms with E-state index in [2.05, 4.69) is 17.2 Å². The molecule has 25 heavy (non-hydrogen) atoms. The summed E-state index contributed by atoms with van der Waals surface area (Å²) in [6.45, 7) is 7.65. The van der Waals surface area contributed by atoms with E-state index < -0.39 is 0 Å². The summed E-state index contributed by atoms with van der Waals surface area (Å²) in [5, 5.41) is 4.12. The van der Waals surface area contributed by atoms with Crippen molar-refractivity contribution in [1.82, 2.24) is 14.9 Å². The fraction of sp³-hybridized carbons (Fsp3) is 0.588. The molecule has 0 aliphatic rings. The molecule has 1 N–H and O–H groups in total. The molecule has 2 heterocycles. The number of methoxy groups -OCH3 is 1. The molecule has 0 aliphatic heterocycles. The van der Waals surface area contributed by atoms with Gasteiger partial charge in [-0.1, -0.05) is 25.1 Å². The zero-order valence-electron chi connectivity index (χ0n) is 15.2. The Morgan fingerprint density at radius 2 is 2.16 bits per heavy atom. The fourth-order valence-corrected chi connectivity index (χ4v) is 4.33. The van der Waals surface area contributed by atoms with E-state index in [1.54, 1.807) is 11.7 Å². The van der Waals surface area contributed by atoms with E-state index in [-0.39, 0.29) is 17.2 Å². The average molecular weight is 384 g/mol. The second kappa shape index (κ2) is 9.35. The molecule has 0 saturated heterocycles. The zero-order chi connectivity index (χ0) is 18.4. The lowest BCUT2D eigenvalue weighted by molar-refractivity contribution is -0.118. The van der Waals surface area contributed by atoms with Gasteiger partial charge >= 0.3 is 0 Å². The number of carbonyl (C=O) groups is 1. The maximum atomic E-state index is 12.9. The van der Waals surface area contributed by atoms with Crippen LogP contribution in [0.15, 0.2) is 9.95 Å². The van der Waals surface area contributed by atoms with Crippen molar-refractivity contribution in [3.8, 4) is 0 Å². The topological polar surface area (TPSA) is 73.2 Å². The Morgan fingerprint density at radius 1 is 1.40 bits per heavy atom. The van der Waals surface area contributed by atoms with Crippen molar-refractivity contribution in [3.63, 3.8) is 0 Å². The monoisotopic (exact) mass is 383 g/mol. The molecule has 2 aromatic rings. The first-order valence-corrected chi connectivity index (χ1v) is 10.2. The van der Waals surface area contributed by atoms with Crippen LogP contribution in [0.3, 0.4) is 0 Å². The van der Waals surface area contributed by atoms with Gasteiger partial charge in [0.25, 0.3) is 5.56 Å². The molecule has 138 valence electrons. The minimum absolute atomic E-state index is 0.00240. The van der Waals surface area contributed by atoms with Crippen LogP contribution in [0.25, 0.3) is 10.2 Å². The van der Waals surface area contributed by atoms with E-state index in [0.717, 1.165) is 28.1 Å². The van der Waals surface area contributed by atoms with Gasteiger partial charge in [-0.3, -0.25) is 14.2 Å². The molecule has 0 radical (unpaired) electrons. The van der Waals surface area contributed by atoms with Crippen LogP contribution in [0.2, 0.25) is 0 Å². The third-order valence-corrected chi connectivity index (χ3v) is 6.03. The van der Waals surface area contributed by atoms with Crippen LogP contribution in [0.4, 0.5) is 0 Å². The highest BCUT2D eigenvalue weighted by molar-refractivity contribution is 7.99. The van der Waals surface area contributed by atoms with Crippen molar-refractivity contribution >= 4 is 39.2 Å². The van der Waals surface area contributed by atoms with Gasteiger partial charge in [0.15, 0.2) is 5.16 Å². The molecule has 6 nitrogen and oxygen atoms in total. The maximum absolute atomic E-state index is 12.9. The molecular formula is C17H25N3O3S2. The highest BCUT2D eigenvalue weighted by Gasteiger charge is 2.17. The summed E-state index contributed by atoms with van der Waals surface area (Å²) in [4.78, 5) is 31.4. The van der Waals surface area contributed by atoms with Crippen molar-refractivity contribution in [3.05, 3.63) is 20.8 Å². The van der Waals surface area contributed by atoms with Crippen molar-refractivity contribution in [2.75, 3.05) is 26.0 Å². The minimum Gasteiger partial charge on any atom is -0.383 e. The quantitative estimate of drug-likeness (QED) is 0.409. The van der Waals surface area contributed by atoms with Crippen LogP contribution in [0.1, 0.15) is 30.2 Å². The lowest BCUT2D eigenvalue weighted by Gasteiger charge is -2.12. The van der Waals surface area contributed by atoms with Crippen LogP contribution in [-0.4, -0.2) is 41.5 Å². The lowest BCUT2D eigenvalue weighted by Crippen LogP contribution is -2.29. The molecule has 8 heteroatoms. The number of thioether (sulfide) groups is 1. The van der Waals surface area contributed by atoms with Crippen molar-refractivity contribution in [1.29, 1.82) is 0 Å². The van der Waals surface area contributed by atoms with Crippen LogP contribution in [-0.2, 0) is 16.1 Å². The molecule has 0 saturated carbocycles. The lowest BCUT2D eigenvalue weighted by atomic mass is 10.2. The van der Waals surface area contributed by atoms with Gasteiger partial charge in [0.1, 0.15) is 4.83 Å².